The van der Waals surface area contributed by atoms with Gasteiger partial charge in [0.15, 0.2) is 17.5 Å². The largest absolute Gasteiger partial charge is 0.493 e. The molecule has 6 nitrogen and oxygen atoms in total. The molecule has 0 unspecified atom stereocenters. The first-order valence-corrected chi connectivity index (χ1v) is 8.64. The van der Waals surface area contributed by atoms with E-state index in [9.17, 15) is 0 Å². The number of nitrogens with zero attached hydrogens (tertiary/aromatic N) is 1. The topological polar surface area (TPSA) is 64.1 Å². The van der Waals surface area contributed by atoms with Crippen molar-refractivity contribution >= 4 is 29.9 Å². The van der Waals surface area contributed by atoms with Crippen molar-refractivity contribution in [3.05, 3.63) is 23.8 Å². The zero-order chi connectivity index (χ0) is 17.6. The van der Waals surface area contributed by atoms with Crippen LogP contribution < -0.4 is 20.1 Å². The molecule has 0 saturated carbocycles. The Morgan fingerprint density at radius 2 is 1.88 bits per heavy atom. The van der Waals surface area contributed by atoms with E-state index in [1.807, 2.05) is 32.0 Å². The highest BCUT2D eigenvalue weighted by Gasteiger charge is 2.05. The lowest BCUT2D eigenvalue weighted by Crippen LogP contribution is -2.38. The molecule has 0 heterocycles. The zero-order valence-electron chi connectivity index (χ0n) is 15.8. The molecule has 0 bridgehead atoms. The van der Waals surface area contributed by atoms with Crippen LogP contribution in [0.5, 0.6) is 11.5 Å². The van der Waals surface area contributed by atoms with Crippen molar-refractivity contribution in [1.29, 1.82) is 0 Å². The molecule has 0 atom stereocenters. The first-order chi connectivity index (χ1) is 11.7. The number of rotatable bonds is 11. The maximum atomic E-state index is 5.53. The van der Waals surface area contributed by atoms with Crippen LogP contribution in [0.1, 0.15) is 32.8 Å². The Kier molecular flexibility index (Phi) is 14.3. The maximum absolute atomic E-state index is 5.53. The fourth-order valence-corrected chi connectivity index (χ4v) is 2.12. The summed E-state index contributed by atoms with van der Waals surface area (Å²) in [5, 5.41) is 6.56. The molecule has 0 aliphatic carbocycles. The molecule has 0 radical (unpaired) electrons. The Morgan fingerprint density at radius 3 is 2.52 bits per heavy atom. The number of aliphatic imine (C=N–C) groups is 1. The van der Waals surface area contributed by atoms with Crippen molar-refractivity contribution in [3.8, 4) is 11.5 Å². The zero-order valence-corrected chi connectivity index (χ0v) is 18.1. The average molecular weight is 465 g/mol. The van der Waals surface area contributed by atoms with Gasteiger partial charge in [-0.3, -0.25) is 0 Å². The van der Waals surface area contributed by atoms with E-state index < -0.39 is 0 Å². The van der Waals surface area contributed by atoms with Gasteiger partial charge in [-0.2, -0.15) is 0 Å². The molecule has 0 saturated heterocycles. The summed E-state index contributed by atoms with van der Waals surface area (Å²) < 4.78 is 16.2. The van der Waals surface area contributed by atoms with Gasteiger partial charge in [0.2, 0.25) is 0 Å². The summed E-state index contributed by atoms with van der Waals surface area (Å²) in [7, 11) is 1.65. The van der Waals surface area contributed by atoms with Crippen LogP contribution in [0.4, 0.5) is 0 Å². The van der Waals surface area contributed by atoms with Crippen LogP contribution in [-0.2, 0) is 11.3 Å². The summed E-state index contributed by atoms with van der Waals surface area (Å²) in [6.45, 7) is 10.4. The lowest BCUT2D eigenvalue weighted by atomic mass is 10.2. The number of hydrogen-bond donors (Lipinski definition) is 2. The van der Waals surface area contributed by atoms with Gasteiger partial charge >= 0.3 is 0 Å². The molecule has 0 amide bonds. The normalized spacial score (nSPS) is 10.8. The summed E-state index contributed by atoms with van der Waals surface area (Å²) in [6, 6.07) is 5.90. The molecule has 144 valence electrons. The third-order valence-corrected chi connectivity index (χ3v) is 3.25. The van der Waals surface area contributed by atoms with Gasteiger partial charge < -0.3 is 24.8 Å². The van der Waals surface area contributed by atoms with Crippen molar-refractivity contribution in [2.45, 2.75) is 33.7 Å². The minimum absolute atomic E-state index is 0. The SMILES string of the molecule is CCNC(=NCc1ccc(OCC)c(OC)c1)NCCCOCC.I. The van der Waals surface area contributed by atoms with E-state index in [4.69, 9.17) is 14.2 Å². The number of methoxy groups -OCH3 is 1. The number of ether oxygens (including phenoxy) is 3. The molecular weight excluding hydrogens is 433 g/mol. The highest BCUT2D eigenvalue weighted by Crippen LogP contribution is 2.28. The van der Waals surface area contributed by atoms with Crippen molar-refractivity contribution in [3.63, 3.8) is 0 Å². The Labute approximate surface area is 168 Å². The third-order valence-electron chi connectivity index (χ3n) is 3.25. The van der Waals surface area contributed by atoms with Gasteiger partial charge in [-0.1, -0.05) is 6.07 Å². The second-order valence-corrected chi connectivity index (χ2v) is 5.09. The van der Waals surface area contributed by atoms with Gasteiger partial charge in [-0.25, -0.2) is 4.99 Å². The van der Waals surface area contributed by atoms with Crippen LogP contribution >= 0.6 is 24.0 Å². The van der Waals surface area contributed by atoms with Crippen LogP contribution in [0, 0.1) is 0 Å². The molecule has 1 aromatic carbocycles. The van der Waals surface area contributed by atoms with E-state index in [0.717, 1.165) is 55.7 Å². The Morgan fingerprint density at radius 1 is 1.08 bits per heavy atom. The summed E-state index contributed by atoms with van der Waals surface area (Å²) in [5.74, 6) is 2.30. The van der Waals surface area contributed by atoms with Crippen molar-refractivity contribution in [2.24, 2.45) is 4.99 Å². The number of hydrogen-bond acceptors (Lipinski definition) is 4. The Hall–Kier alpha value is -1.22. The molecule has 7 heteroatoms. The highest BCUT2D eigenvalue weighted by molar-refractivity contribution is 14.0. The molecule has 25 heavy (non-hydrogen) atoms. The minimum atomic E-state index is 0. The van der Waals surface area contributed by atoms with Crippen molar-refractivity contribution in [2.75, 3.05) is 40.0 Å². The van der Waals surface area contributed by atoms with E-state index in [-0.39, 0.29) is 24.0 Å². The summed E-state index contributed by atoms with van der Waals surface area (Å²) in [6.07, 6.45) is 0.954. The summed E-state index contributed by atoms with van der Waals surface area (Å²) in [5.41, 5.74) is 1.07. The van der Waals surface area contributed by atoms with Gasteiger partial charge in [0.1, 0.15) is 0 Å². The van der Waals surface area contributed by atoms with E-state index in [1.54, 1.807) is 7.11 Å². The monoisotopic (exact) mass is 465 g/mol. The van der Waals surface area contributed by atoms with Crippen molar-refractivity contribution < 1.29 is 14.2 Å². The Balaban J connectivity index is 0.00000576. The molecule has 1 aromatic rings. The second-order valence-electron chi connectivity index (χ2n) is 5.09. The molecular formula is C18H32IN3O3. The highest BCUT2D eigenvalue weighted by atomic mass is 127. The number of halogens is 1. The number of guanidine groups is 1. The lowest BCUT2D eigenvalue weighted by Gasteiger charge is -2.12. The summed E-state index contributed by atoms with van der Waals surface area (Å²) in [4.78, 5) is 4.61. The fraction of sp³-hybridized carbons (Fsp3) is 0.611. The van der Waals surface area contributed by atoms with E-state index >= 15 is 0 Å². The molecule has 0 aromatic heterocycles. The maximum Gasteiger partial charge on any atom is 0.191 e. The van der Waals surface area contributed by atoms with Gasteiger partial charge in [0.25, 0.3) is 0 Å². The number of nitrogens with one attached hydrogen (secondary N) is 2. The third kappa shape index (κ3) is 9.74. The van der Waals surface area contributed by atoms with Gasteiger partial charge in [-0.05, 0) is 44.9 Å². The molecule has 0 fully saturated rings. The van der Waals surface area contributed by atoms with Crippen LogP contribution in [0.3, 0.4) is 0 Å². The molecule has 0 aliphatic rings. The van der Waals surface area contributed by atoms with Gasteiger partial charge in [0.05, 0.1) is 20.3 Å². The second kappa shape index (κ2) is 15.1. The van der Waals surface area contributed by atoms with Gasteiger partial charge in [0, 0.05) is 26.3 Å². The molecule has 1 rings (SSSR count). The predicted molar refractivity (Wildman–Crippen MR) is 114 cm³/mol. The van der Waals surface area contributed by atoms with Crippen LogP contribution in [0.2, 0.25) is 0 Å². The molecule has 0 spiro atoms. The molecule has 0 aliphatic heterocycles. The standard InChI is InChI=1S/C18H31N3O3.HI/c1-5-19-18(20-11-8-12-23-6-2)21-14-15-9-10-16(24-7-3)17(13-15)22-4;/h9-10,13H,5-8,11-12,14H2,1-4H3,(H2,19,20,21);1H. The minimum Gasteiger partial charge on any atom is -0.493 e. The Bertz CT molecular complexity index is 498. The van der Waals surface area contributed by atoms with Gasteiger partial charge in [-0.15, -0.1) is 24.0 Å². The van der Waals surface area contributed by atoms with Crippen molar-refractivity contribution in [1.82, 2.24) is 10.6 Å². The van der Waals surface area contributed by atoms with Crippen LogP contribution in [-0.4, -0.2) is 46.0 Å². The lowest BCUT2D eigenvalue weighted by molar-refractivity contribution is 0.145. The smallest absolute Gasteiger partial charge is 0.191 e. The quantitative estimate of drug-likeness (QED) is 0.228. The fourth-order valence-electron chi connectivity index (χ4n) is 2.12. The van der Waals surface area contributed by atoms with Crippen LogP contribution in [0.15, 0.2) is 23.2 Å². The van der Waals surface area contributed by atoms with E-state index in [1.165, 1.54) is 0 Å². The summed E-state index contributed by atoms with van der Waals surface area (Å²) >= 11 is 0. The van der Waals surface area contributed by atoms with Crippen LogP contribution in [0.25, 0.3) is 0 Å². The average Bonchev–Trinajstić information content (AvgIpc) is 2.60. The molecule has 2 N–H and O–H groups in total. The van der Waals surface area contributed by atoms with E-state index in [0.29, 0.717) is 13.2 Å². The number of benzene rings is 1. The predicted octanol–water partition coefficient (Wildman–Crippen LogP) is 3.19. The van der Waals surface area contributed by atoms with E-state index in [2.05, 4.69) is 22.5 Å². The first kappa shape index (κ1) is 23.8. The first-order valence-electron chi connectivity index (χ1n) is 8.64.